The zero-order valence-corrected chi connectivity index (χ0v) is 20.5. The number of anilines is 5. The zero-order chi connectivity index (χ0) is 25.1. The number of ketones is 1. The van der Waals surface area contributed by atoms with Gasteiger partial charge in [-0.1, -0.05) is 11.3 Å². The van der Waals surface area contributed by atoms with Gasteiger partial charge in [0.25, 0.3) is 0 Å². The van der Waals surface area contributed by atoms with Gasteiger partial charge in [-0.2, -0.15) is 0 Å². The number of hydrogen-bond donors (Lipinski definition) is 3. The first-order chi connectivity index (χ1) is 17.5. The van der Waals surface area contributed by atoms with Gasteiger partial charge in [-0.05, 0) is 61.4 Å². The Balaban J connectivity index is 1.20. The first-order valence-corrected chi connectivity index (χ1v) is 12.7. The number of nitrogens with one attached hydrogen (secondary N) is 1. The summed E-state index contributed by atoms with van der Waals surface area (Å²) in [5.41, 5.74) is 9.69. The molecule has 0 aliphatic carbocycles. The summed E-state index contributed by atoms with van der Waals surface area (Å²) in [5.74, 6) is 0.0848. The third-order valence-electron chi connectivity index (χ3n) is 6.39. The maximum absolute atomic E-state index is 13.1. The number of aromatic nitrogens is 1. The van der Waals surface area contributed by atoms with Gasteiger partial charge in [0.2, 0.25) is 5.78 Å². The lowest BCUT2D eigenvalue weighted by atomic mass is 10.1. The van der Waals surface area contributed by atoms with Crippen molar-refractivity contribution in [2.24, 2.45) is 0 Å². The fourth-order valence-electron chi connectivity index (χ4n) is 4.51. The lowest BCUT2D eigenvalue weighted by Crippen LogP contribution is -2.46. The van der Waals surface area contributed by atoms with Crippen molar-refractivity contribution in [1.29, 1.82) is 0 Å². The van der Waals surface area contributed by atoms with Gasteiger partial charge in [0.05, 0.1) is 13.1 Å². The van der Waals surface area contributed by atoms with E-state index in [1.165, 1.54) is 29.2 Å². The summed E-state index contributed by atoms with van der Waals surface area (Å²) in [6, 6.07) is 15.5. The number of benzene rings is 2. The van der Waals surface area contributed by atoms with Crippen LogP contribution in [0.5, 0.6) is 0 Å². The molecule has 2 saturated heterocycles. The number of hydroxylamine groups is 2. The van der Waals surface area contributed by atoms with Crippen LogP contribution in [0.2, 0.25) is 0 Å². The van der Waals surface area contributed by atoms with Crippen LogP contribution in [0.1, 0.15) is 28.1 Å². The molecule has 2 aliphatic heterocycles. The van der Waals surface area contributed by atoms with Gasteiger partial charge in [0, 0.05) is 48.8 Å². The van der Waals surface area contributed by atoms with E-state index in [0.717, 1.165) is 30.2 Å². The van der Waals surface area contributed by atoms with E-state index in [1.807, 2.05) is 48.5 Å². The number of hydrogen-bond acceptors (Lipinski definition) is 10. The summed E-state index contributed by atoms with van der Waals surface area (Å²) in [5, 5.41) is 14.0. The van der Waals surface area contributed by atoms with E-state index in [4.69, 9.17) is 15.7 Å². The quantitative estimate of drug-likeness (QED) is 0.403. The Morgan fingerprint density at radius 3 is 2.08 bits per heavy atom. The molecule has 0 spiro atoms. The third-order valence-corrected chi connectivity index (χ3v) is 7.38. The molecular weight excluding hydrogens is 480 g/mol. The first-order valence-electron chi connectivity index (χ1n) is 11.9. The SMILES string of the molecule is Nc1nc(Nc2ccc(N3CCN(OC(=O)O)CC3)cc2)sc1C(=O)c1ccc(N2CCCC2)cc1. The normalized spacial score (nSPS) is 16.2. The molecule has 2 fully saturated rings. The Labute approximate surface area is 212 Å². The standard InChI is InChI=1S/C25H28N6O4S/c26-23-22(21(32)17-3-7-19(8-4-17)29-11-1-2-12-29)36-24(28-23)27-18-5-9-20(10-6-18)30-13-15-31(16-14-30)35-25(33)34/h3-10H,1-2,11-16,26H2,(H,27,28)(H,33,34). The van der Waals surface area contributed by atoms with Gasteiger partial charge < -0.3 is 30.8 Å². The van der Waals surface area contributed by atoms with E-state index in [0.29, 0.717) is 41.8 Å². The molecule has 4 N–H and O–H groups in total. The van der Waals surface area contributed by atoms with Crippen LogP contribution in [0.3, 0.4) is 0 Å². The minimum absolute atomic E-state index is 0.132. The second-order valence-corrected chi connectivity index (χ2v) is 9.75. The summed E-state index contributed by atoms with van der Waals surface area (Å²) >= 11 is 1.24. The van der Waals surface area contributed by atoms with Crippen LogP contribution in [0.25, 0.3) is 0 Å². The molecule has 0 amide bonds. The second kappa shape index (κ2) is 10.4. The fourth-order valence-corrected chi connectivity index (χ4v) is 5.37. The van der Waals surface area contributed by atoms with Crippen LogP contribution in [-0.4, -0.2) is 66.4 Å². The zero-order valence-electron chi connectivity index (χ0n) is 19.7. The molecule has 3 heterocycles. The lowest BCUT2D eigenvalue weighted by molar-refractivity contribution is -0.121. The number of carbonyl (C=O) groups is 2. The van der Waals surface area contributed by atoms with E-state index < -0.39 is 6.16 Å². The molecule has 0 atom stereocenters. The average Bonchev–Trinajstić information content (AvgIpc) is 3.54. The highest BCUT2D eigenvalue weighted by atomic mass is 32.1. The maximum atomic E-state index is 13.1. The molecule has 36 heavy (non-hydrogen) atoms. The molecule has 10 nitrogen and oxygen atoms in total. The van der Waals surface area contributed by atoms with Gasteiger partial charge in [-0.3, -0.25) is 4.79 Å². The number of carbonyl (C=O) groups excluding carboxylic acids is 1. The molecule has 11 heteroatoms. The Morgan fingerprint density at radius 1 is 0.889 bits per heavy atom. The van der Waals surface area contributed by atoms with Gasteiger partial charge in [-0.15, -0.1) is 5.06 Å². The van der Waals surface area contributed by atoms with E-state index in [9.17, 15) is 9.59 Å². The predicted octanol–water partition coefficient (Wildman–Crippen LogP) is 4.03. The Hall–Kier alpha value is -3.83. The summed E-state index contributed by atoms with van der Waals surface area (Å²) in [7, 11) is 0. The number of nitrogens with two attached hydrogens (primary N) is 1. The molecule has 0 bridgehead atoms. The van der Waals surface area contributed by atoms with E-state index in [2.05, 4.69) is 20.1 Å². The van der Waals surface area contributed by atoms with Crippen LogP contribution in [0, 0.1) is 0 Å². The van der Waals surface area contributed by atoms with Crippen molar-refractivity contribution < 1.29 is 19.5 Å². The number of thiazole rings is 1. The predicted molar refractivity (Wildman–Crippen MR) is 140 cm³/mol. The molecule has 5 rings (SSSR count). The number of piperazine rings is 1. The van der Waals surface area contributed by atoms with Gasteiger partial charge in [0.15, 0.2) is 5.13 Å². The minimum Gasteiger partial charge on any atom is -0.448 e. The van der Waals surface area contributed by atoms with Crippen molar-refractivity contribution in [2.75, 3.05) is 60.1 Å². The van der Waals surface area contributed by atoms with Crippen molar-refractivity contribution in [3.8, 4) is 0 Å². The number of nitrogens with zero attached hydrogens (tertiary/aromatic N) is 4. The third kappa shape index (κ3) is 5.37. The van der Waals surface area contributed by atoms with E-state index in [1.54, 1.807) is 0 Å². The topological polar surface area (TPSA) is 124 Å². The Bertz CT molecular complexity index is 1220. The van der Waals surface area contributed by atoms with Crippen LogP contribution in [-0.2, 0) is 4.84 Å². The van der Waals surface area contributed by atoms with E-state index >= 15 is 0 Å². The van der Waals surface area contributed by atoms with Crippen LogP contribution in [0.4, 0.5) is 32.8 Å². The number of rotatable bonds is 7. The molecule has 0 radical (unpaired) electrons. The molecule has 2 aliphatic rings. The summed E-state index contributed by atoms with van der Waals surface area (Å²) < 4.78 is 0. The number of carboxylic acid groups (broad SMARTS) is 1. The smallest absolute Gasteiger partial charge is 0.448 e. The van der Waals surface area contributed by atoms with Crippen molar-refractivity contribution in [2.45, 2.75) is 12.8 Å². The molecule has 0 saturated carbocycles. The van der Waals surface area contributed by atoms with Crippen LogP contribution >= 0.6 is 11.3 Å². The highest BCUT2D eigenvalue weighted by Gasteiger charge is 2.21. The van der Waals surface area contributed by atoms with Crippen LogP contribution in [0.15, 0.2) is 48.5 Å². The second-order valence-electron chi connectivity index (χ2n) is 8.75. The van der Waals surface area contributed by atoms with Gasteiger partial charge >= 0.3 is 6.16 Å². The Kier molecular flexibility index (Phi) is 6.92. The highest BCUT2D eigenvalue weighted by molar-refractivity contribution is 7.18. The molecular formula is C25H28N6O4S. The summed E-state index contributed by atoms with van der Waals surface area (Å²) in [6.45, 7) is 4.44. The minimum atomic E-state index is -1.29. The summed E-state index contributed by atoms with van der Waals surface area (Å²) in [6.07, 6.45) is 1.12. The largest absolute Gasteiger partial charge is 0.525 e. The molecule has 0 unspecified atom stereocenters. The monoisotopic (exact) mass is 508 g/mol. The molecule has 3 aromatic rings. The van der Waals surface area contributed by atoms with Crippen molar-refractivity contribution in [3.05, 3.63) is 59.0 Å². The molecule has 1 aromatic heterocycles. The van der Waals surface area contributed by atoms with Crippen molar-refractivity contribution in [1.82, 2.24) is 10.0 Å². The van der Waals surface area contributed by atoms with Crippen molar-refractivity contribution >= 4 is 51.3 Å². The molecule has 2 aromatic carbocycles. The lowest BCUT2D eigenvalue weighted by Gasteiger charge is -2.34. The Morgan fingerprint density at radius 2 is 1.47 bits per heavy atom. The maximum Gasteiger partial charge on any atom is 0.525 e. The van der Waals surface area contributed by atoms with Crippen LogP contribution < -0.4 is 20.9 Å². The van der Waals surface area contributed by atoms with Crippen molar-refractivity contribution in [3.63, 3.8) is 0 Å². The average molecular weight is 509 g/mol. The summed E-state index contributed by atoms with van der Waals surface area (Å²) in [4.78, 5) is 37.7. The fraction of sp³-hybridized carbons (Fsp3) is 0.320. The van der Waals surface area contributed by atoms with Gasteiger partial charge in [-0.25, -0.2) is 9.78 Å². The number of nitrogen functional groups attached to an aromatic ring is 1. The molecule has 188 valence electrons. The van der Waals surface area contributed by atoms with Gasteiger partial charge in [0.1, 0.15) is 10.7 Å². The van der Waals surface area contributed by atoms with E-state index in [-0.39, 0.29) is 11.6 Å². The highest BCUT2D eigenvalue weighted by Crippen LogP contribution is 2.31. The first kappa shape index (κ1) is 23.9.